The molecule has 0 aliphatic carbocycles. The molecule has 4 heterocycles. The Kier molecular flexibility index (Phi) is 3.85. The van der Waals surface area contributed by atoms with E-state index < -0.39 is 6.10 Å². The zero-order chi connectivity index (χ0) is 20.3. The number of hydrogen-bond donors (Lipinski definition) is 2. The number of nitrogens with zero attached hydrogens (tertiary/aromatic N) is 3. The summed E-state index contributed by atoms with van der Waals surface area (Å²) in [5.74, 6) is 1.22. The molecule has 2 atom stereocenters. The Bertz CT molecular complexity index is 1260. The van der Waals surface area contributed by atoms with Crippen LogP contribution >= 0.6 is 0 Å². The maximum Gasteiger partial charge on any atom is 0.327 e. The Morgan fingerprint density at radius 2 is 2.17 bits per heavy atom. The van der Waals surface area contributed by atoms with Crippen LogP contribution in [-0.2, 0) is 0 Å². The van der Waals surface area contributed by atoms with E-state index in [4.69, 9.17) is 9.26 Å². The number of aliphatic hydroxyl groups is 1. The van der Waals surface area contributed by atoms with Crippen molar-refractivity contribution in [2.45, 2.75) is 32.9 Å². The monoisotopic (exact) mass is 392 g/mol. The van der Waals surface area contributed by atoms with Gasteiger partial charge in [-0.1, -0.05) is 11.2 Å². The van der Waals surface area contributed by atoms with Crippen LogP contribution in [-0.4, -0.2) is 31.4 Å². The molecule has 3 aromatic heterocycles. The number of pyridine rings is 1. The van der Waals surface area contributed by atoms with Gasteiger partial charge in [-0.05, 0) is 39.0 Å². The van der Waals surface area contributed by atoms with Crippen molar-refractivity contribution in [2.24, 2.45) is 0 Å². The molecule has 0 bridgehead atoms. The minimum Gasteiger partial charge on any atom is -0.488 e. The molecule has 148 valence electrons. The van der Waals surface area contributed by atoms with Crippen LogP contribution in [0.3, 0.4) is 0 Å². The minimum absolute atomic E-state index is 0.265. The predicted octanol–water partition coefficient (Wildman–Crippen LogP) is 3.03. The number of aromatic amines is 1. The molecule has 5 rings (SSSR count). The molecular formula is C21H20N4O4. The van der Waals surface area contributed by atoms with Gasteiger partial charge in [0.05, 0.1) is 28.6 Å². The summed E-state index contributed by atoms with van der Waals surface area (Å²) >= 11 is 0. The van der Waals surface area contributed by atoms with E-state index in [0.717, 1.165) is 22.5 Å². The quantitative estimate of drug-likeness (QED) is 0.555. The SMILES string of the molecule is Cc1noc(C)c1-c1cc(C(C)O)c2[nH]c(=O)n3c2c1OCC3c1ccccn1. The number of imidazole rings is 1. The molecule has 1 aromatic carbocycles. The van der Waals surface area contributed by atoms with E-state index >= 15 is 0 Å². The zero-order valence-electron chi connectivity index (χ0n) is 16.3. The Labute approximate surface area is 165 Å². The molecule has 0 amide bonds. The van der Waals surface area contributed by atoms with Crippen molar-refractivity contribution in [3.8, 4) is 16.9 Å². The lowest BCUT2D eigenvalue weighted by atomic mass is 9.96. The fourth-order valence-electron chi connectivity index (χ4n) is 4.15. The lowest BCUT2D eigenvalue weighted by Gasteiger charge is -2.27. The molecule has 0 saturated carbocycles. The molecule has 2 unspecified atom stereocenters. The lowest BCUT2D eigenvalue weighted by molar-refractivity contribution is 0.200. The van der Waals surface area contributed by atoms with Crippen LogP contribution < -0.4 is 10.4 Å². The Morgan fingerprint density at radius 1 is 1.34 bits per heavy atom. The summed E-state index contributed by atoms with van der Waals surface area (Å²) in [6.45, 7) is 5.62. The van der Waals surface area contributed by atoms with E-state index in [1.54, 1.807) is 17.7 Å². The van der Waals surface area contributed by atoms with Crippen LogP contribution in [0, 0.1) is 13.8 Å². The summed E-state index contributed by atoms with van der Waals surface area (Å²) in [5.41, 5.74) is 4.54. The normalized spacial score (nSPS) is 16.8. The van der Waals surface area contributed by atoms with Crippen LogP contribution in [0.25, 0.3) is 22.2 Å². The highest BCUT2D eigenvalue weighted by Crippen LogP contribution is 2.45. The number of aryl methyl sites for hydroxylation is 2. The maximum absolute atomic E-state index is 13.0. The summed E-state index contributed by atoms with van der Waals surface area (Å²) < 4.78 is 13.2. The zero-order valence-corrected chi connectivity index (χ0v) is 16.3. The van der Waals surface area contributed by atoms with Crippen LogP contribution in [0.2, 0.25) is 0 Å². The van der Waals surface area contributed by atoms with Crippen LogP contribution in [0.4, 0.5) is 0 Å². The molecule has 2 N–H and O–H groups in total. The van der Waals surface area contributed by atoms with Gasteiger partial charge in [0.25, 0.3) is 0 Å². The Hall–Kier alpha value is -3.39. The first kappa shape index (κ1) is 17.7. The van der Waals surface area contributed by atoms with Gasteiger partial charge in [0, 0.05) is 17.3 Å². The first-order valence-electron chi connectivity index (χ1n) is 9.43. The number of aliphatic hydroxyl groups excluding tert-OH is 1. The predicted molar refractivity (Wildman–Crippen MR) is 106 cm³/mol. The van der Waals surface area contributed by atoms with E-state index in [9.17, 15) is 9.90 Å². The second-order valence-electron chi connectivity index (χ2n) is 7.32. The van der Waals surface area contributed by atoms with Crippen LogP contribution in [0.5, 0.6) is 5.75 Å². The highest BCUT2D eigenvalue weighted by Gasteiger charge is 2.33. The van der Waals surface area contributed by atoms with Crippen molar-refractivity contribution in [1.82, 2.24) is 19.7 Å². The summed E-state index contributed by atoms with van der Waals surface area (Å²) in [6, 6.07) is 7.06. The van der Waals surface area contributed by atoms with Crippen molar-refractivity contribution in [1.29, 1.82) is 0 Å². The van der Waals surface area contributed by atoms with Crippen molar-refractivity contribution in [3.63, 3.8) is 0 Å². The van der Waals surface area contributed by atoms with Gasteiger partial charge in [-0.25, -0.2) is 4.79 Å². The van der Waals surface area contributed by atoms with Gasteiger partial charge in [-0.3, -0.25) is 9.55 Å². The van der Waals surface area contributed by atoms with Crippen LogP contribution in [0.15, 0.2) is 39.8 Å². The largest absolute Gasteiger partial charge is 0.488 e. The molecule has 8 nitrogen and oxygen atoms in total. The number of hydrogen-bond acceptors (Lipinski definition) is 6. The molecule has 0 saturated heterocycles. The molecule has 4 aromatic rings. The maximum atomic E-state index is 13.0. The lowest BCUT2D eigenvalue weighted by Crippen LogP contribution is -2.31. The van der Waals surface area contributed by atoms with Crippen molar-refractivity contribution < 1.29 is 14.4 Å². The van der Waals surface area contributed by atoms with E-state index in [-0.39, 0.29) is 18.3 Å². The third kappa shape index (κ3) is 2.52. The van der Waals surface area contributed by atoms with E-state index in [0.29, 0.717) is 28.1 Å². The number of benzene rings is 1. The number of H-pyrrole nitrogens is 1. The van der Waals surface area contributed by atoms with Crippen LogP contribution in [0.1, 0.15) is 41.8 Å². The molecule has 0 fully saturated rings. The second-order valence-corrected chi connectivity index (χ2v) is 7.32. The number of aromatic nitrogens is 4. The van der Waals surface area contributed by atoms with Crippen molar-refractivity contribution >= 4 is 11.0 Å². The summed E-state index contributed by atoms with van der Waals surface area (Å²) in [6.07, 6.45) is 0.909. The highest BCUT2D eigenvalue weighted by molar-refractivity contribution is 5.95. The third-order valence-corrected chi connectivity index (χ3v) is 5.46. The van der Waals surface area contributed by atoms with Gasteiger partial charge in [-0.15, -0.1) is 0 Å². The smallest absolute Gasteiger partial charge is 0.327 e. The minimum atomic E-state index is -0.787. The summed E-state index contributed by atoms with van der Waals surface area (Å²) in [4.78, 5) is 20.3. The second kappa shape index (κ2) is 6.31. The van der Waals surface area contributed by atoms with Gasteiger partial charge in [0.15, 0.2) is 5.75 Å². The standard InChI is InChI=1S/C21H20N4O4/c1-10-17(12(3)29-24-10)14-8-13(11(2)26)18-19-20(14)28-9-16(25(19)21(27)23-18)15-6-4-5-7-22-15/h4-8,11,16,26H,9H2,1-3H3,(H,23,27). The van der Waals surface area contributed by atoms with Gasteiger partial charge >= 0.3 is 5.69 Å². The molecule has 0 spiro atoms. The van der Waals surface area contributed by atoms with Gasteiger partial charge < -0.3 is 19.4 Å². The molecule has 1 aliphatic heterocycles. The van der Waals surface area contributed by atoms with Gasteiger partial charge in [-0.2, -0.15) is 0 Å². The Balaban J connectivity index is 1.88. The van der Waals surface area contributed by atoms with Gasteiger partial charge in [0.2, 0.25) is 0 Å². The molecular weight excluding hydrogens is 372 g/mol. The van der Waals surface area contributed by atoms with E-state index in [1.165, 1.54) is 0 Å². The van der Waals surface area contributed by atoms with E-state index in [1.807, 2.05) is 38.1 Å². The fraction of sp³-hybridized carbons (Fsp3) is 0.286. The first-order chi connectivity index (χ1) is 14.0. The topological polar surface area (TPSA) is 106 Å². The van der Waals surface area contributed by atoms with Crippen molar-refractivity contribution in [2.75, 3.05) is 6.61 Å². The Morgan fingerprint density at radius 3 is 2.83 bits per heavy atom. The third-order valence-electron chi connectivity index (χ3n) is 5.46. The summed E-state index contributed by atoms with van der Waals surface area (Å²) in [5, 5.41) is 14.5. The molecule has 8 heteroatoms. The molecule has 1 aliphatic rings. The van der Waals surface area contributed by atoms with Crippen molar-refractivity contribution in [3.05, 3.63) is 63.7 Å². The fourth-order valence-corrected chi connectivity index (χ4v) is 4.15. The first-order valence-corrected chi connectivity index (χ1v) is 9.43. The number of rotatable bonds is 3. The number of nitrogens with one attached hydrogen (secondary N) is 1. The average Bonchev–Trinajstić information content (AvgIpc) is 3.23. The van der Waals surface area contributed by atoms with E-state index in [2.05, 4.69) is 15.1 Å². The molecule has 29 heavy (non-hydrogen) atoms. The summed E-state index contributed by atoms with van der Waals surface area (Å²) in [7, 11) is 0. The highest BCUT2D eigenvalue weighted by atomic mass is 16.5. The molecule has 0 radical (unpaired) electrons. The average molecular weight is 392 g/mol. The number of ether oxygens (including phenoxy) is 1. The van der Waals surface area contributed by atoms with Gasteiger partial charge in [0.1, 0.15) is 23.9 Å².